The first-order valence-electron chi connectivity index (χ1n) is 18.0. The maximum absolute atomic E-state index is 12.6. The van der Waals surface area contributed by atoms with Gasteiger partial charge in [0.2, 0.25) is 5.91 Å². The minimum absolute atomic E-state index is 0.00914. The molecular weight excluding hydrogens is 628 g/mol. The van der Waals surface area contributed by atoms with E-state index in [2.05, 4.69) is 84.3 Å². The highest BCUT2D eigenvalue weighted by Crippen LogP contribution is 2.41. The molecule has 0 spiro atoms. The van der Waals surface area contributed by atoms with Crippen LogP contribution in [-0.4, -0.2) is 90.7 Å². The van der Waals surface area contributed by atoms with Crippen LogP contribution in [0.3, 0.4) is 0 Å². The lowest BCUT2D eigenvalue weighted by Gasteiger charge is -2.43. The van der Waals surface area contributed by atoms with Crippen molar-refractivity contribution in [3.8, 4) is 5.75 Å². The van der Waals surface area contributed by atoms with Crippen LogP contribution in [-0.2, 0) is 9.63 Å². The van der Waals surface area contributed by atoms with E-state index in [0.29, 0.717) is 41.4 Å². The number of nitrogens with one attached hydrogen (secondary N) is 2. The Kier molecular flexibility index (Phi) is 9.27. The summed E-state index contributed by atoms with van der Waals surface area (Å²) in [6.07, 6.45) is 8.61. The molecule has 3 aromatic carbocycles. The van der Waals surface area contributed by atoms with E-state index in [1.54, 1.807) is 7.11 Å². The Bertz CT molecular complexity index is 1840. The number of hydrogen-bond acceptors (Lipinski definition) is 10. The van der Waals surface area contributed by atoms with Crippen LogP contribution < -0.4 is 25.3 Å². The molecule has 4 heterocycles. The van der Waals surface area contributed by atoms with Crippen LogP contribution in [0.2, 0.25) is 0 Å². The zero-order chi connectivity index (χ0) is 34.0. The predicted molar refractivity (Wildman–Crippen MR) is 198 cm³/mol. The molecule has 0 unspecified atom stereocenters. The van der Waals surface area contributed by atoms with E-state index in [1.807, 2.05) is 23.3 Å². The fourth-order valence-corrected chi connectivity index (χ4v) is 7.95. The molecule has 8 rings (SSSR count). The largest absolute Gasteiger partial charge is 0.494 e. The standard InChI is InChI=1S/C39H46N8O3/c1-3-39(48)43-32-23-33(36(49-2)24-35(32)46-16-13-29(14-17-46)45-20-18-44(19-21-45)28-11-12-28)42-37-25-38(41-26-40-37)47-34(15-22-50-47)31-10-6-8-27-7-4-5-9-30(27)31/h3-10,23-26,28-29,34H,1,11-22H2,2H3,(H,43,48)(H,40,41,42)/t34-/m1/s1. The number of anilines is 5. The summed E-state index contributed by atoms with van der Waals surface area (Å²) in [5.41, 5.74) is 3.51. The Balaban J connectivity index is 1.01. The van der Waals surface area contributed by atoms with Crippen LogP contribution in [0.5, 0.6) is 5.75 Å². The molecule has 260 valence electrons. The average Bonchev–Trinajstić information content (AvgIpc) is 3.91. The highest BCUT2D eigenvalue weighted by atomic mass is 16.7. The maximum Gasteiger partial charge on any atom is 0.247 e. The summed E-state index contributed by atoms with van der Waals surface area (Å²) in [7, 11) is 1.66. The van der Waals surface area contributed by atoms with Crippen molar-refractivity contribution < 1.29 is 14.4 Å². The number of amides is 1. The van der Waals surface area contributed by atoms with Gasteiger partial charge >= 0.3 is 0 Å². The van der Waals surface area contributed by atoms with Gasteiger partial charge in [-0.25, -0.2) is 15.0 Å². The van der Waals surface area contributed by atoms with Gasteiger partial charge in [-0.3, -0.25) is 19.4 Å². The summed E-state index contributed by atoms with van der Waals surface area (Å²) in [6, 6.07) is 22.1. The fourth-order valence-electron chi connectivity index (χ4n) is 7.95. The second-order valence-electron chi connectivity index (χ2n) is 13.7. The van der Waals surface area contributed by atoms with E-state index in [0.717, 1.165) is 57.2 Å². The van der Waals surface area contributed by atoms with E-state index >= 15 is 0 Å². The van der Waals surface area contributed by atoms with Crippen molar-refractivity contribution in [1.29, 1.82) is 0 Å². The molecule has 4 aromatic rings. The van der Waals surface area contributed by atoms with Crippen LogP contribution in [0.25, 0.3) is 10.8 Å². The molecule has 1 aliphatic carbocycles. The summed E-state index contributed by atoms with van der Waals surface area (Å²) >= 11 is 0. The summed E-state index contributed by atoms with van der Waals surface area (Å²) in [4.78, 5) is 35.7. The van der Waals surface area contributed by atoms with Crippen molar-refractivity contribution in [1.82, 2.24) is 19.8 Å². The highest BCUT2D eigenvalue weighted by molar-refractivity contribution is 6.02. The number of rotatable bonds is 10. The minimum Gasteiger partial charge on any atom is -0.494 e. The second kappa shape index (κ2) is 14.3. The Morgan fingerprint density at radius 1 is 0.880 bits per heavy atom. The number of hydroxylamine groups is 1. The third-order valence-electron chi connectivity index (χ3n) is 10.7. The maximum atomic E-state index is 12.6. The monoisotopic (exact) mass is 674 g/mol. The Labute approximate surface area is 293 Å². The van der Waals surface area contributed by atoms with Gasteiger partial charge in [-0.05, 0) is 54.2 Å². The predicted octanol–water partition coefficient (Wildman–Crippen LogP) is 6.14. The number of aromatic nitrogens is 2. The van der Waals surface area contributed by atoms with Gasteiger partial charge in [-0.15, -0.1) is 0 Å². The third kappa shape index (κ3) is 6.73. The van der Waals surface area contributed by atoms with Gasteiger partial charge in [0.1, 0.15) is 17.9 Å². The van der Waals surface area contributed by atoms with Crippen molar-refractivity contribution in [2.45, 2.75) is 50.2 Å². The summed E-state index contributed by atoms with van der Waals surface area (Å²) in [5.74, 6) is 1.63. The summed E-state index contributed by atoms with van der Waals surface area (Å²) in [6.45, 7) is 10.8. The van der Waals surface area contributed by atoms with Crippen molar-refractivity contribution in [2.75, 3.05) is 73.6 Å². The number of benzene rings is 3. The van der Waals surface area contributed by atoms with Gasteiger partial charge in [0.05, 0.1) is 36.8 Å². The third-order valence-corrected chi connectivity index (χ3v) is 10.7. The lowest BCUT2D eigenvalue weighted by atomic mass is 9.97. The number of piperazine rings is 1. The topological polar surface area (TPSA) is 98.3 Å². The number of carbonyl (C=O) groups is 1. The highest BCUT2D eigenvalue weighted by Gasteiger charge is 2.34. The number of piperidine rings is 1. The van der Waals surface area contributed by atoms with Gasteiger partial charge < -0.3 is 20.3 Å². The minimum atomic E-state index is -0.263. The number of carbonyl (C=O) groups excluding carboxylic acids is 1. The number of methoxy groups -OCH3 is 1. The van der Waals surface area contributed by atoms with Crippen LogP contribution >= 0.6 is 0 Å². The lowest BCUT2D eigenvalue weighted by molar-refractivity contribution is -0.111. The van der Waals surface area contributed by atoms with Gasteiger partial charge in [-0.1, -0.05) is 49.0 Å². The summed E-state index contributed by atoms with van der Waals surface area (Å²) < 4.78 is 5.92. The molecule has 3 saturated heterocycles. The zero-order valence-corrected chi connectivity index (χ0v) is 28.8. The van der Waals surface area contributed by atoms with Crippen molar-refractivity contribution in [3.63, 3.8) is 0 Å². The van der Waals surface area contributed by atoms with Crippen molar-refractivity contribution in [3.05, 3.63) is 85.2 Å². The molecule has 1 atom stereocenters. The Morgan fingerprint density at radius 3 is 2.36 bits per heavy atom. The van der Waals surface area contributed by atoms with Gasteiger partial charge in [-0.2, -0.15) is 0 Å². The second-order valence-corrected chi connectivity index (χ2v) is 13.7. The summed E-state index contributed by atoms with van der Waals surface area (Å²) in [5, 5.41) is 10.8. The molecule has 4 fully saturated rings. The molecule has 1 saturated carbocycles. The fraction of sp³-hybridized carbons (Fsp3) is 0.410. The number of hydrogen-bond donors (Lipinski definition) is 2. The first kappa shape index (κ1) is 32.5. The van der Waals surface area contributed by atoms with Gasteiger partial charge in [0, 0.05) is 69.9 Å². The Hall–Kier alpha value is -4.71. The molecule has 4 aliphatic rings. The normalized spacial score (nSPS) is 20.6. The molecule has 0 radical (unpaired) electrons. The molecule has 50 heavy (non-hydrogen) atoms. The van der Waals surface area contributed by atoms with Gasteiger partial charge in [0.25, 0.3) is 0 Å². The SMILES string of the molecule is C=CC(=O)Nc1cc(Nc2cc(N3OCC[C@@H]3c3cccc4ccccc34)ncn2)c(OC)cc1N1CCC(N2CCN(C3CC3)CC2)CC1. The molecule has 0 bridgehead atoms. The molecule has 3 aliphatic heterocycles. The van der Waals surface area contributed by atoms with E-state index < -0.39 is 0 Å². The molecule has 11 heteroatoms. The molecular formula is C39H46N8O3. The van der Waals surface area contributed by atoms with E-state index in [-0.39, 0.29) is 11.9 Å². The van der Waals surface area contributed by atoms with Crippen LogP contribution in [0.1, 0.15) is 43.7 Å². The van der Waals surface area contributed by atoms with Gasteiger partial charge in [0.15, 0.2) is 5.82 Å². The van der Waals surface area contributed by atoms with Crippen molar-refractivity contribution in [2.24, 2.45) is 0 Å². The quantitative estimate of drug-likeness (QED) is 0.191. The van der Waals surface area contributed by atoms with Crippen LogP contribution in [0.15, 0.2) is 79.6 Å². The molecule has 11 nitrogen and oxygen atoms in total. The molecule has 2 N–H and O–H groups in total. The van der Waals surface area contributed by atoms with Crippen LogP contribution in [0.4, 0.5) is 28.7 Å². The average molecular weight is 675 g/mol. The van der Waals surface area contributed by atoms with Crippen molar-refractivity contribution >= 4 is 45.4 Å². The van der Waals surface area contributed by atoms with E-state index in [1.165, 1.54) is 54.7 Å². The Morgan fingerprint density at radius 2 is 1.62 bits per heavy atom. The lowest BCUT2D eigenvalue weighted by Crippen LogP contribution is -2.53. The zero-order valence-electron chi connectivity index (χ0n) is 28.8. The number of ether oxygens (including phenoxy) is 1. The van der Waals surface area contributed by atoms with E-state index in [4.69, 9.17) is 9.57 Å². The first-order chi connectivity index (χ1) is 24.6. The molecule has 1 amide bonds. The number of nitrogens with zero attached hydrogens (tertiary/aromatic N) is 6. The van der Waals surface area contributed by atoms with Crippen LogP contribution in [0, 0.1) is 0 Å². The first-order valence-corrected chi connectivity index (χ1v) is 18.0. The smallest absolute Gasteiger partial charge is 0.247 e. The number of fused-ring (bicyclic) bond motifs is 1. The molecule has 1 aromatic heterocycles. The van der Waals surface area contributed by atoms with E-state index in [9.17, 15) is 4.79 Å².